The summed E-state index contributed by atoms with van der Waals surface area (Å²) in [4.78, 5) is 0. The molecule has 1 aromatic rings. The highest BCUT2D eigenvalue weighted by Crippen LogP contribution is 2.20. The molecule has 0 heterocycles. The number of thioether (sulfide) groups is 1. The first-order chi connectivity index (χ1) is 9.56. The summed E-state index contributed by atoms with van der Waals surface area (Å²) in [6.45, 7) is 7.61. The molecule has 0 aliphatic carbocycles. The molecule has 0 spiro atoms. The average molecular weight is 362 g/mol. The maximum absolute atomic E-state index is 13.9. The molecule has 0 aromatic heterocycles. The van der Waals surface area contributed by atoms with Gasteiger partial charge in [-0.1, -0.05) is 36.7 Å². The normalized spacial score (nSPS) is 14.2. The van der Waals surface area contributed by atoms with E-state index in [1.807, 2.05) is 17.8 Å². The van der Waals surface area contributed by atoms with Gasteiger partial charge in [0.15, 0.2) is 0 Å². The Kier molecular flexibility index (Phi) is 8.82. The van der Waals surface area contributed by atoms with Crippen molar-refractivity contribution in [3.8, 4) is 0 Å². The van der Waals surface area contributed by atoms with E-state index in [1.165, 1.54) is 12.5 Å². The molecule has 1 N–H and O–H groups in total. The molecule has 114 valence electrons. The van der Waals surface area contributed by atoms with E-state index >= 15 is 0 Å². The summed E-state index contributed by atoms with van der Waals surface area (Å²) >= 11 is 5.39. The van der Waals surface area contributed by atoms with Crippen LogP contribution in [0.3, 0.4) is 0 Å². The van der Waals surface area contributed by atoms with Gasteiger partial charge in [0.2, 0.25) is 0 Å². The lowest BCUT2D eigenvalue weighted by Crippen LogP contribution is -2.34. The van der Waals surface area contributed by atoms with Crippen LogP contribution >= 0.6 is 27.7 Å². The Bertz CT molecular complexity index is 400. The number of halogens is 2. The third kappa shape index (κ3) is 6.59. The van der Waals surface area contributed by atoms with Gasteiger partial charge < -0.3 is 5.32 Å². The van der Waals surface area contributed by atoms with Crippen molar-refractivity contribution < 1.29 is 4.39 Å². The molecule has 0 aliphatic rings. The smallest absolute Gasteiger partial charge is 0.126 e. The minimum atomic E-state index is -0.106. The summed E-state index contributed by atoms with van der Waals surface area (Å²) in [7, 11) is 0. The molecule has 0 bridgehead atoms. The maximum Gasteiger partial charge on any atom is 0.126 e. The van der Waals surface area contributed by atoms with Crippen LogP contribution in [0.1, 0.15) is 39.2 Å². The summed E-state index contributed by atoms with van der Waals surface area (Å²) < 4.78 is 14.8. The standard InChI is InChI=1S/C16H25BrFNS/c1-4-8-19-15(11-20-12(3)5-2)10-13-9-14(17)6-7-16(13)18/h6-7,9,12,15,19H,4-5,8,10-11H2,1-3H3. The van der Waals surface area contributed by atoms with Crippen LogP contribution in [-0.4, -0.2) is 23.6 Å². The van der Waals surface area contributed by atoms with Crippen molar-refractivity contribution in [1.29, 1.82) is 0 Å². The van der Waals surface area contributed by atoms with Crippen molar-refractivity contribution >= 4 is 27.7 Å². The van der Waals surface area contributed by atoms with E-state index in [-0.39, 0.29) is 5.82 Å². The lowest BCUT2D eigenvalue weighted by Gasteiger charge is -2.20. The summed E-state index contributed by atoms with van der Waals surface area (Å²) in [5.41, 5.74) is 0.790. The van der Waals surface area contributed by atoms with Crippen molar-refractivity contribution in [2.75, 3.05) is 12.3 Å². The molecule has 2 unspecified atom stereocenters. The topological polar surface area (TPSA) is 12.0 Å². The number of hydrogen-bond acceptors (Lipinski definition) is 2. The second-order valence-corrected chi connectivity index (χ2v) is 7.53. The molecular formula is C16H25BrFNS. The van der Waals surface area contributed by atoms with Crippen LogP contribution in [0.15, 0.2) is 22.7 Å². The van der Waals surface area contributed by atoms with E-state index < -0.39 is 0 Å². The van der Waals surface area contributed by atoms with Crippen molar-refractivity contribution in [3.63, 3.8) is 0 Å². The molecule has 20 heavy (non-hydrogen) atoms. The second-order valence-electron chi connectivity index (χ2n) is 5.14. The first-order valence-corrected chi connectivity index (χ1v) is 9.19. The van der Waals surface area contributed by atoms with Crippen molar-refractivity contribution in [2.45, 2.75) is 51.3 Å². The summed E-state index contributed by atoms with van der Waals surface area (Å²) in [6, 6.07) is 5.51. The van der Waals surface area contributed by atoms with Gasteiger partial charge in [-0.25, -0.2) is 4.39 Å². The number of nitrogens with one attached hydrogen (secondary N) is 1. The highest BCUT2D eigenvalue weighted by molar-refractivity contribution is 9.10. The highest BCUT2D eigenvalue weighted by atomic mass is 79.9. The molecule has 1 aromatic carbocycles. The van der Waals surface area contributed by atoms with Crippen LogP contribution in [0.5, 0.6) is 0 Å². The first-order valence-electron chi connectivity index (χ1n) is 7.35. The molecule has 0 saturated carbocycles. The van der Waals surface area contributed by atoms with Gasteiger partial charge in [0.25, 0.3) is 0 Å². The lowest BCUT2D eigenvalue weighted by molar-refractivity contribution is 0.530. The fourth-order valence-electron chi connectivity index (χ4n) is 1.90. The van der Waals surface area contributed by atoms with E-state index in [2.05, 4.69) is 42.0 Å². The van der Waals surface area contributed by atoms with Gasteiger partial charge in [-0.15, -0.1) is 0 Å². The molecule has 1 rings (SSSR count). The van der Waals surface area contributed by atoms with E-state index in [4.69, 9.17) is 0 Å². The predicted octanol–water partition coefficient (Wildman–Crippen LogP) is 5.03. The fraction of sp³-hybridized carbons (Fsp3) is 0.625. The first kappa shape index (κ1) is 18.0. The quantitative estimate of drug-likeness (QED) is 0.661. The molecule has 4 heteroatoms. The molecule has 0 saturated heterocycles. The van der Waals surface area contributed by atoms with Gasteiger partial charge in [-0.2, -0.15) is 11.8 Å². The molecule has 0 aliphatic heterocycles. The SMILES string of the molecule is CCCNC(CSC(C)CC)Cc1cc(Br)ccc1F. The minimum absolute atomic E-state index is 0.106. The molecule has 1 nitrogen and oxygen atoms in total. The molecule has 0 amide bonds. The van der Waals surface area contributed by atoms with E-state index in [1.54, 1.807) is 6.07 Å². The second kappa shape index (κ2) is 9.80. The summed E-state index contributed by atoms with van der Waals surface area (Å²) in [5, 5.41) is 4.20. The van der Waals surface area contributed by atoms with Crippen LogP contribution in [0, 0.1) is 5.82 Å². The van der Waals surface area contributed by atoms with Crippen molar-refractivity contribution in [2.24, 2.45) is 0 Å². The van der Waals surface area contributed by atoms with Crippen LogP contribution in [0.4, 0.5) is 4.39 Å². The van der Waals surface area contributed by atoms with Crippen LogP contribution in [-0.2, 0) is 6.42 Å². The Morgan fingerprint density at radius 1 is 1.35 bits per heavy atom. The maximum atomic E-state index is 13.9. The van der Waals surface area contributed by atoms with Gasteiger partial charge >= 0.3 is 0 Å². The van der Waals surface area contributed by atoms with E-state index in [0.717, 1.165) is 35.2 Å². The third-order valence-corrected chi connectivity index (χ3v) is 5.30. The lowest BCUT2D eigenvalue weighted by atomic mass is 10.1. The molecular weight excluding hydrogens is 337 g/mol. The molecule has 2 atom stereocenters. The van der Waals surface area contributed by atoms with E-state index in [9.17, 15) is 4.39 Å². The van der Waals surface area contributed by atoms with Gasteiger partial charge in [-0.3, -0.25) is 0 Å². The number of rotatable bonds is 9. The average Bonchev–Trinajstić information content (AvgIpc) is 2.45. The Hall–Kier alpha value is -0.0600. The highest BCUT2D eigenvalue weighted by Gasteiger charge is 2.13. The zero-order valence-electron chi connectivity index (χ0n) is 12.6. The van der Waals surface area contributed by atoms with Crippen molar-refractivity contribution in [3.05, 3.63) is 34.1 Å². The van der Waals surface area contributed by atoms with Gasteiger partial charge in [-0.05, 0) is 49.6 Å². The Morgan fingerprint density at radius 3 is 2.75 bits per heavy atom. The monoisotopic (exact) mass is 361 g/mol. The zero-order chi connectivity index (χ0) is 15.0. The van der Waals surface area contributed by atoms with Crippen LogP contribution < -0.4 is 5.32 Å². The molecule has 0 radical (unpaired) electrons. The Morgan fingerprint density at radius 2 is 2.10 bits per heavy atom. The summed E-state index contributed by atoms with van der Waals surface area (Å²) in [6.07, 6.45) is 3.02. The van der Waals surface area contributed by atoms with Gasteiger partial charge in [0.05, 0.1) is 0 Å². The fourth-order valence-corrected chi connectivity index (χ4v) is 3.34. The van der Waals surface area contributed by atoms with Gasteiger partial charge in [0, 0.05) is 21.5 Å². The van der Waals surface area contributed by atoms with E-state index in [0.29, 0.717) is 11.3 Å². The predicted molar refractivity (Wildman–Crippen MR) is 92.1 cm³/mol. The number of benzene rings is 1. The largest absolute Gasteiger partial charge is 0.313 e. The van der Waals surface area contributed by atoms with Gasteiger partial charge in [0.1, 0.15) is 5.82 Å². The zero-order valence-corrected chi connectivity index (χ0v) is 15.0. The van der Waals surface area contributed by atoms with Crippen LogP contribution in [0.25, 0.3) is 0 Å². The Balaban J connectivity index is 2.65. The number of hydrogen-bond donors (Lipinski definition) is 1. The minimum Gasteiger partial charge on any atom is -0.313 e. The Labute approximate surface area is 135 Å². The summed E-state index contributed by atoms with van der Waals surface area (Å²) in [5.74, 6) is 0.922. The molecule has 0 fully saturated rings. The third-order valence-electron chi connectivity index (χ3n) is 3.31. The van der Waals surface area contributed by atoms with Crippen molar-refractivity contribution in [1.82, 2.24) is 5.32 Å². The van der Waals surface area contributed by atoms with Crippen LogP contribution in [0.2, 0.25) is 0 Å².